The zero-order valence-electron chi connectivity index (χ0n) is 11.0. The highest BCUT2D eigenvalue weighted by atomic mass is 31.2. The fourth-order valence-electron chi connectivity index (χ4n) is 1.66. The predicted molar refractivity (Wildman–Crippen MR) is 77.8 cm³/mol. The van der Waals surface area contributed by atoms with Crippen LogP contribution in [0.4, 0.5) is 5.69 Å². The Morgan fingerprint density at radius 1 is 1.10 bits per heavy atom. The van der Waals surface area contributed by atoms with Crippen molar-refractivity contribution in [3.05, 3.63) is 54.6 Å². The molecule has 0 saturated heterocycles. The van der Waals surface area contributed by atoms with Crippen molar-refractivity contribution in [3.8, 4) is 5.75 Å². The molecule has 0 bridgehead atoms. The quantitative estimate of drug-likeness (QED) is 0.631. The molecule has 0 heterocycles. The second-order valence-corrected chi connectivity index (χ2v) is 5.93. The molecular formula is C14H16NO4P. The SMILES string of the molecule is CCOP(=O)(Oc1ccc(NO)cc1)c1ccccc1. The second-order valence-electron chi connectivity index (χ2n) is 3.98. The first kappa shape index (κ1) is 14.6. The van der Waals surface area contributed by atoms with E-state index in [-0.39, 0.29) is 6.61 Å². The van der Waals surface area contributed by atoms with Gasteiger partial charge in [0.05, 0.1) is 17.6 Å². The van der Waals surface area contributed by atoms with Crippen molar-refractivity contribution in [3.63, 3.8) is 0 Å². The van der Waals surface area contributed by atoms with Crippen LogP contribution < -0.4 is 15.3 Å². The Bertz CT molecular complexity index is 586. The Labute approximate surface area is 117 Å². The molecule has 2 rings (SSSR count). The lowest BCUT2D eigenvalue weighted by Gasteiger charge is -2.18. The monoisotopic (exact) mass is 293 g/mol. The van der Waals surface area contributed by atoms with Gasteiger partial charge in [-0.15, -0.1) is 0 Å². The van der Waals surface area contributed by atoms with E-state index in [1.54, 1.807) is 55.5 Å². The van der Waals surface area contributed by atoms with Gasteiger partial charge in [-0.2, -0.15) is 0 Å². The van der Waals surface area contributed by atoms with Gasteiger partial charge >= 0.3 is 7.60 Å². The molecule has 2 N–H and O–H groups in total. The molecule has 0 radical (unpaired) electrons. The van der Waals surface area contributed by atoms with Crippen molar-refractivity contribution < 1.29 is 18.8 Å². The molecule has 0 saturated carbocycles. The molecule has 1 unspecified atom stereocenters. The summed E-state index contributed by atoms with van der Waals surface area (Å²) in [6.07, 6.45) is 0. The molecule has 1 atom stereocenters. The average molecular weight is 293 g/mol. The third-order valence-electron chi connectivity index (χ3n) is 2.58. The minimum absolute atomic E-state index is 0.280. The van der Waals surface area contributed by atoms with Crippen molar-refractivity contribution in [1.29, 1.82) is 0 Å². The van der Waals surface area contributed by atoms with Crippen molar-refractivity contribution in [2.45, 2.75) is 6.92 Å². The average Bonchev–Trinajstić information content (AvgIpc) is 2.49. The van der Waals surface area contributed by atoms with E-state index < -0.39 is 7.60 Å². The summed E-state index contributed by atoms with van der Waals surface area (Å²) in [7, 11) is -3.40. The maximum atomic E-state index is 12.8. The third kappa shape index (κ3) is 3.39. The normalized spacial score (nSPS) is 13.5. The molecule has 2 aromatic rings. The maximum absolute atomic E-state index is 12.8. The highest BCUT2D eigenvalue weighted by Crippen LogP contribution is 2.47. The molecule has 5 nitrogen and oxygen atoms in total. The summed E-state index contributed by atoms with van der Waals surface area (Å²) in [4.78, 5) is 0. The zero-order valence-corrected chi connectivity index (χ0v) is 11.9. The van der Waals surface area contributed by atoms with Gasteiger partial charge in [0.15, 0.2) is 0 Å². The van der Waals surface area contributed by atoms with Crippen LogP contribution in [-0.2, 0) is 9.09 Å². The lowest BCUT2D eigenvalue weighted by atomic mass is 10.3. The number of hydrogen-bond donors (Lipinski definition) is 2. The fraction of sp³-hybridized carbons (Fsp3) is 0.143. The topological polar surface area (TPSA) is 67.8 Å². The molecule has 0 spiro atoms. The number of anilines is 1. The van der Waals surface area contributed by atoms with Crippen LogP contribution in [0.1, 0.15) is 6.92 Å². The summed E-state index contributed by atoms with van der Waals surface area (Å²) in [6, 6.07) is 15.2. The van der Waals surface area contributed by atoms with E-state index in [2.05, 4.69) is 0 Å². The predicted octanol–water partition coefficient (Wildman–Crippen LogP) is 3.42. The first-order valence-corrected chi connectivity index (χ1v) is 7.72. The van der Waals surface area contributed by atoms with E-state index in [1.807, 2.05) is 11.5 Å². The minimum atomic E-state index is -3.40. The summed E-state index contributed by atoms with van der Waals surface area (Å²) in [5.74, 6) is 0.407. The highest BCUT2D eigenvalue weighted by Gasteiger charge is 2.28. The maximum Gasteiger partial charge on any atom is 0.410 e. The van der Waals surface area contributed by atoms with E-state index in [0.29, 0.717) is 16.7 Å². The van der Waals surface area contributed by atoms with Gasteiger partial charge in [-0.05, 0) is 43.3 Å². The van der Waals surface area contributed by atoms with Gasteiger partial charge < -0.3 is 4.52 Å². The van der Waals surface area contributed by atoms with Crippen LogP contribution in [0.25, 0.3) is 0 Å². The van der Waals surface area contributed by atoms with Crippen LogP contribution in [0, 0.1) is 0 Å². The second kappa shape index (κ2) is 6.57. The van der Waals surface area contributed by atoms with Crippen LogP contribution in [0.5, 0.6) is 5.75 Å². The van der Waals surface area contributed by atoms with Gasteiger partial charge in [0.25, 0.3) is 0 Å². The summed E-state index contributed by atoms with van der Waals surface area (Å²) in [5, 5.41) is 9.26. The first-order chi connectivity index (χ1) is 9.68. The first-order valence-electron chi connectivity index (χ1n) is 6.18. The van der Waals surface area contributed by atoms with Crippen LogP contribution in [0.3, 0.4) is 0 Å². The molecule has 6 heteroatoms. The smallest absolute Gasteiger partial charge is 0.410 e. The lowest BCUT2D eigenvalue weighted by Crippen LogP contribution is -2.12. The van der Waals surface area contributed by atoms with E-state index in [4.69, 9.17) is 14.3 Å². The Balaban J connectivity index is 2.27. The van der Waals surface area contributed by atoms with Crippen molar-refractivity contribution >= 4 is 18.6 Å². The Morgan fingerprint density at radius 3 is 2.30 bits per heavy atom. The largest absolute Gasteiger partial charge is 0.421 e. The van der Waals surface area contributed by atoms with E-state index in [0.717, 1.165) is 0 Å². The Kier molecular flexibility index (Phi) is 4.79. The standard InChI is InChI=1S/C14H16NO4P/c1-2-18-20(17,14-6-4-3-5-7-14)19-13-10-8-12(15-16)9-11-13/h3-11,15-16H,2H2,1H3. The summed E-state index contributed by atoms with van der Waals surface area (Å²) in [5.41, 5.74) is 2.53. The van der Waals surface area contributed by atoms with Gasteiger partial charge in [0.1, 0.15) is 5.75 Å². The van der Waals surface area contributed by atoms with Gasteiger partial charge in [0.2, 0.25) is 0 Å². The Hall–Kier alpha value is -1.81. The summed E-state index contributed by atoms with van der Waals surface area (Å²) in [6.45, 7) is 2.04. The van der Waals surface area contributed by atoms with E-state index in [9.17, 15) is 4.57 Å². The van der Waals surface area contributed by atoms with E-state index in [1.165, 1.54) is 0 Å². The van der Waals surface area contributed by atoms with Gasteiger partial charge in [0, 0.05) is 0 Å². The number of benzene rings is 2. The molecule has 0 fully saturated rings. The molecule has 20 heavy (non-hydrogen) atoms. The van der Waals surface area contributed by atoms with Crippen LogP contribution >= 0.6 is 7.60 Å². The Morgan fingerprint density at radius 2 is 1.75 bits per heavy atom. The van der Waals surface area contributed by atoms with Gasteiger partial charge in [-0.25, -0.2) is 4.57 Å². The van der Waals surface area contributed by atoms with Gasteiger partial charge in [-0.3, -0.25) is 15.2 Å². The molecule has 0 aromatic heterocycles. The highest BCUT2D eigenvalue weighted by molar-refractivity contribution is 7.62. The molecule has 2 aromatic carbocycles. The van der Waals surface area contributed by atoms with Crippen molar-refractivity contribution in [2.24, 2.45) is 0 Å². The molecule has 0 aliphatic carbocycles. The molecule has 0 aliphatic rings. The molecule has 0 amide bonds. The molecule has 0 aliphatic heterocycles. The molecule has 106 valence electrons. The minimum Gasteiger partial charge on any atom is -0.421 e. The summed E-state index contributed by atoms with van der Waals surface area (Å²) >= 11 is 0. The van der Waals surface area contributed by atoms with E-state index >= 15 is 0 Å². The van der Waals surface area contributed by atoms with Crippen LogP contribution in [-0.4, -0.2) is 11.8 Å². The number of rotatable bonds is 6. The fourth-order valence-corrected chi connectivity index (χ4v) is 3.25. The lowest BCUT2D eigenvalue weighted by molar-refractivity contribution is 0.289. The van der Waals surface area contributed by atoms with Crippen LogP contribution in [0.15, 0.2) is 54.6 Å². The third-order valence-corrected chi connectivity index (χ3v) is 4.56. The zero-order chi connectivity index (χ0) is 14.4. The summed E-state index contributed by atoms with van der Waals surface area (Å²) < 4.78 is 23.7. The van der Waals surface area contributed by atoms with Gasteiger partial charge in [-0.1, -0.05) is 18.2 Å². The van der Waals surface area contributed by atoms with Crippen molar-refractivity contribution in [1.82, 2.24) is 0 Å². The van der Waals surface area contributed by atoms with Crippen LogP contribution in [0.2, 0.25) is 0 Å². The van der Waals surface area contributed by atoms with Crippen molar-refractivity contribution in [2.75, 3.05) is 12.1 Å². The number of nitrogens with one attached hydrogen (secondary N) is 1. The molecular weight excluding hydrogens is 277 g/mol. The number of hydrogen-bond acceptors (Lipinski definition) is 5.